The van der Waals surface area contributed by atoms with Crippen molar-refractivity contribution in [1.29, 1.82) is 0 Å². The van der Waals surface area contributed by atoms with Gasteiger partial charge in [-0.05, 0) is 74.4 Å². The lowest BCUT2D eigenvalue weighted by Crippen LogP contribution is -2.14. The highest BCUT2D eigenvalue weighted by Crippen LogP contribution is 2.25. The Hall–Kier alpha value is -2.98. The summed E-state index contributed by atoms with van der Waals surface area (Å²) < 4.78 is 11.6. The average molecular weight is 410 g/mol. The van der Waals surface area contributed by atoms with Gasteiger partial charge in [-0.15, -0.1) is 0 Å². The lowest BCUT2D eigenvalue weighted by Gasteiger charge is -2.14. The molecule has 0 bridgehead atoms. The van der Waals surface area contributed by atoms with Gasteiger partial charge in [-0.2, -0.15) is 0 Å². The van der Waals surface area contributed by atoms with Crippen LogP contribution < -0.4 is 14.8 Å². The summed E-state index contributed by atoms with van der Waals surface area (Å²) >= 11 is 6.02. The third kappa shape index (κ3) is 5.30. The minimum absolute atomic E-state index is 0.175. The predicted molar refractivity (Wildman–Crippen MR) is 117 cm³/mol. The van der Waals surface area contributed by atoms with Crippen molar-refractivity contribution >= 4 is 23.2 Å². The molecule has 0 aliphatic carbocycles. The van der Waals surface area contributed by atoms with Crippen molar-refractivity contribution in [2.45, 2.75) is 27.4 Å². The number of hydrogen-bond donors (Lipinski definition) is 1. The molecule has 0 atom stereocenters. The maximum absolute atomic E-state index is 12.8. The second-order valence-electron chi connectivity index (χ2n) is 6.70. The van der Waals surface area contributed by atoms with Crippen molar-refractivity contribution in [3.8, 4) is 11.5 Å². The molecule has 150 valence electrons. The first-order valence-corrected chi connectivity index (χ1v) is 9.87. The number of carbonyl (C=O) groups excluding carboxylic acids is 1. The van der Waals surface area contributed by atoms with E-state index in [-0.39, 0.29) is 12.5 Å². The second kappa shape index (κ2) is 9.48. The smallest absolute Gasteiger partial charge is 0.255 e. The van der Waals surface area contributed by atoms with Crippen molar-refractivity contribution in [3.05, 3.63) is 87.9 Å². The van der Waals surface area contributed by atoms with Crippen LogP contribution in [-0.4, -0.2) is 12.5 Å². The molecule has 4 nitrogen and oxygen atoms in total. The molecule has 0 radical (unpaired) electrons. The zero-order valence-corrected chi connectivity index (χ0v) is 17.5. The summed E-state index contributed by atoms with van der Waals surface area (Å²) in [6.45, 7) is 6.72. The number of nitrogens with one attached hydrogen (secondary N) is 1. The number of ether oxygens (including phenoxy) is 2. The summed E-state index contributed by atoms with van der Waals surface area (Å²) in [5, 5.41) is 3.59. The Bertz CT molecular complexity index is 1020. The molecule has 0 unspecified atom stereocenters. The van der Waals surface area contributed by atoms with E-state index >= 15 is 0 Å². The van der Waals surface area contributed by atoms with E-state index in [1.54, 1.807) is 30.3 Å². The van der Waals surface area contributed by atoms with Crippen LogP contribution in [-0.2, 0) is 6.61 Å². The Kier molecular flexibility index (Phi) is 6.78. The molecule has 0 fully saturated rings. The molecule has 0 aromatic heterocycles. The number of benzene rings is 3. The van der Waals surface area contributed by atoms with E-state index in [2.05, 4.69) is 5.32 Å². The molecule has 3 aromatic carbocycles. The van der Waals surface area contributed by atoms with Crippen molar-refractivity contribution < 1.29 is 14.3 Å². The molecule has 0 saturated carbocycles. The van der Waals surface area contributed by atoms with Crippen LogP contribution in [0.3, 0.4) is 0 Å². The normalized spacial score (nSPS) is 10.5. The molecule has 0 aliphatic rings. The van der Waals surface area contributed by atoms with E-state index < -0.39 is 0 Å². The van der Waals surface area contributed by atoms with Gasteiger partial charge >= 0.3 is 0 Å². The average Bonchev–Trinajstić information content (AvgIpc) is 2.71. The van der Waals surface area contributed by atoms with E-state index in [1.165, 1.54) is 0 Å². The van der Waals surface area contributed by atoms with Gasteiger partial charge in [0.25, 0.3) is 5.91 Å². The fourth-order valence-corrected chi connectivity index (χ4v) is 3.11. The van der Waals surface area contributed by atoms with Gasteiger partial charge in [0.05, 0.1) is 6.61 Å². The van der Waals surface area contributed by atoms with Crippen LogP contribution in [0.1, 0.15) is 34.0 Å². The molecule has 3 rings (SSSR count). The first-order chi connectivity index (χ1) is 14.0. The van der Waals surface area contributed by atoms with Crippen LogP contribution in [0.25, 0.3) is 0 Å². The topological polar surface area (TPSA) is 47.6 Å². The van der Waals surface area contributed by atoms with Crippen LogP contribution in [0, 0.1) is 13.8 Å². The number of carbonyl (C=O) groups is 1. The van der Waals surface area contributed by atoms with E-state index in [4.69, 9.17) is 21.1 Å². The number of halogens is 1. The molecule has 0 heterocycles. The Morgan fingerprint density at radius 3 is 2.55 bits per heavy atom. The summed E-state index contributed by atoms with van der Waals surface area (Å²) in [5.41, 5.74) is 4.32. The molecule has 5 heteroatoms. The Morgan fingerprint density at radius 2 is 1.79 bits per heavy atom. The second-order valence-corrected chi connectivity index (χ2v) is 7.14. The van der Waals surface area contributed by atoms with Crippen molar-refractivity contribution in [2.24, 2.45) is 0 Å². The zero-order valence-electron chi connectivity index (χ0n) is 16.8. The standard InChI is InChI=1S/C24H24ClNO3/c1-4-28-23-12-11-18(24(27)26-22-10-5-7-16(2)17(22)3)13-19(23)15-29-21-9-6-8-20(25)14-21/h5-14H,4,15H2,1-3H3,(H,26,27). The molecule has 1 N–H and O–H groups in total. The van der Waals surface area contributed by atoms with Gasteiger partial charge in [0.15, 0.2) is 0 Å². The van der Waals surface area contributed by atoms with Crippen LogP contribution in [0.2, 0.25) is 5.02 Å². The number of amides is 1. The number of aryl methyl sites for hydroxylation is 1. The maximum Gasteiger partial charge on any atom is 0.255 e. The fourth-order valence-electron chi connectivity index (χ4n) is 2.93. The van der Waals surface area contributed by atoms with Crippen LogP contribution >= 0.6 is 11.6 Å². The number of hydrogen-bond acceptors (Lipinski definition) is 3. The first-order valence-electron chi connectivity index (χ1n) is 9.49. The molecule has 1 amide bonds. The van der Waals surface area contributed by atoms with Gasteiger partial charge < -0.3 is 14.8 Å². The Balaban J connectivity index is 1.81. The molecule has 3 aromatic rings. The van der Waals surface area contributed by atoms with E-state index in [0.29, 0.717) is 28.7 Å². The van der Waals surface area contributed by atoms with E-state index in [1.807, 2.05) is 51.1 Å². The SMILES string of the molecule is CCOc1ccc(C(=O)Nc2cccc(C)c2C)cc1COc1cccc(Cl)c1. The molecule has 0 spiro atoms. The van der Waals surface area contributed by atoms with E-state index in [0.717, 1.165) is 22.4 Å². The number of anilines is 1. The van der Waals surface area contributed by atoms with Gasteiger partial charge in [-0.25, -0.2) is 0 Å². The highest BCUT2D eigenvalue weighted by Gasteiger charge is 2.13. The third-order valence-corrected chi connectivity index (χ3v) is 4.90. The van der Waals surface area contributed by atoms with Gasteiger partial charge in [0.1, 0.15) is 18.1 Å². The van der Waals surface area contributed by atoms with Crippen molar-refractivity contribution in [2.75, 3.05) is 11.9 Å². The van der Waals surface area contributed by atoms with Crippen LogP contribution in [0.4, 0.5) is 5.69 Å². The molecular weight excluding hydrogens is 386 g/mol. The molecular formula is C24H24ClNO3. The summed E-state index contributed by atoms with van der Waals surface area (Å²) in [6, 6.07) is 18.4. The van der Waals surface area contributed by atoms with Crippen LogP contribution in [0.5, 0.6) is 11.5 Å². The summed E-state index contributed by atoms with van der Waals surface area (Å²) in [4.78, 5) is 12.8. The van der Waals surface area contributed by atoms with Gasteiger partial charge in [-0.3, -0.25) is 4.79 Å². The fraction of sp³-hybridized carbons (Fsp3) is 0.208. The van der Waals surface area contributed by atoms with Gasteiger partial charge in [-0.1, -0.05) is 29.8 Å². The van der Waals surface area contributed by atoms with Gasteiger partial charge in [0.2, 0.25) is 0 Å². The quantitative estimate of drug-likeness (QED) is 0.506. The highest BCUT2D eigenvalue weighted by molar-refractivity contribution is 6.30. The van der Waals surface area contributed by atoms with Crippen LogP contribution in [0.15, 0.2) is 60.7 Å². The largest absolute Gasteiger partial charge is 0.493 e. The molecule has 0 saturated heterocycles. The summed E-state index contributed by atoms with van der Waals surface area (Å²) in [5.74, 6) is 1.17. The van der Waals surface area contributed by atoms with Crippen molar-refractivity contribution in [1.82, 2.24) is 0 Å². The third-order valence-electron chi connectivity index (χ3n) is 4.67. The predicted octanol–water partition coefficient (Wildman–Crippen LogP) is 6.19. The minimum atomic E-state index is -0.175. The van der Waals surface area contributed by atoms with Crippen molar-refractivity contribution in [3.63, 3.8) is 0 Å². The number of rotatable bonds is 7. The molecule has 29 heavy (non-hydrogen) atoms. The summed E-state index contributed by atoms with van der Waals surface area (Å²) in [7, 11) is 0. The Morgan fingerprint density at radius 1 is 1.00 bits per heavy atom. The minimum Gasteiger partial charge on any atom is -0.493 e. The zero-order chi connectivity index (χ0) is 20.8. The molecule has 0 aliphatic heterocycles. The lowest BCUT2D eigenvalue weighted by atomic mass is 10.1. The first kappa shape index (κ1) is 20.7. The maximum atomic E-state index is 12.8. The Labute approximate surface area is 176 Å². The van der Waals surface area contributed by atoms with Gasteiger partial charge in [0, 0.05) is 21.8 Å². The van der Waals surface area contributed by atoms with E-state index in [9.17, 15) is 4.79 Å². The highest BCUT2D eigenvalue weighted by atomic mass is 35.5. The monoisotopic (exact) mass is 409 g/mol. The lowest BCUT2D eigenvalue weighted by molar-refractivity contribution is 0.102. The summed E-state index contributed by atoms with van der Waals surface area (Å²) in [6.07, 6.45) is 0.